The molecule has 108 valence electrons. The average Bonchev–Trinajstić information content (AvgIpc) is 3.26. The molecule has 1 aromatic carbocycles. The first-order valence-corrected chi connectivity index (χ1v) is 8.22. The highest BCUT2D eigenvalue weighted by atomic mass is 32.2. The van der Waals surface area contributed by atoms with Gasteiger partial charge in [-0.15, -0.1) is 0 Å². The van der Waals surface area contributed by atoms with E-state index in [1.807, 2.05) is 6.92 Å². The van der Waals surface area contributed by atoms with E-state index < -0.39 is 10.0 Å². The monoisotopic (exact) mass is 293 g/mol. The van der Waals surface area contributed by atoms with Crippen LogP contribution in [0.5, 0.6) is 0 Å². The predicted octanol–water partition coefficient (Wildman–Crippen LogP) is 1.45. The van der Waals surface area contributed by atoms with Crippen molar-refractivity contribution in [3.8, 4) is 11.8 Å². The molecule has 1 aromatic rings. The summed E-state index contributed by atoms with van der Waals surface area (Å²) in [5.74, 6) is 5.72. The van der Waals surface area contributed by atoms with Crippen LogP contribution in [0.4, 0.5) is 0 Å². The minimum atomic E-state index is -3.52. The molecule has 0 amide bonds. The van der Waals surface area contributed by atoms with Crippen LogP contribution in [0.3, 0.4) is 0 Å². The van der Waals surface area contributed by atoms with Crippen molar-refractivity contribution in [2.24, 2.45) is 5.92 Å². The first-order chi connectivity index (χ1) is 9.59. The number of hydrogen-bond donors (Lipinski definition) is 1. The van der Waals surface area contributed by atoms with Gasteiger partial charge in [-0.1, -0.05) is 30.9 Å². The lowest BCUT2D eigenvalue weighted by molar-refractivity contribution is 0.350. The quantitative estimate of drug-likeness (QED) is 0.836. The molecule has 4 nitrogen and oxygen atoms in total. The fourth-order valence-electron chi connectivity index (χ4n) is 2.05. The fraction of sp³-hybridized carbons (Fsp3) is 0.467. The summed E-state index contributed by atoms with van der Waals surface area (Å²) >= 11 is 0. The third-order valence-corrected chi connectivity index (χ3v) is 5.32. The van der Waals surface area contributed by atoms with Crippen LogP contribution in [0.2, 0.25) is 0 Å². The average molecular weight is 293 g/mol. The molecule has 0 spiro atoms. The Morgan fingerprint density at radius 1 is 1.35 bits per heavy atom. The number of hydrogen-bond acceptors (Lipinski definition) is 3. The number of aliphatic hydroxyl groups excluding tert-OH is 1. The first kappa shape index (κ1) is 15.0. The Labute approximate surface area is 120 Å². The van der Waals surface area contributed by atoms with Gasteiger partial charge in [0.2, 0.25) is 10.0 Å². The van der Waals surface area contributed by atoms with Crippen molar-refractivity contribution in [1.82, 2.24) is 4.31 Å². The van der Waals surface area contributed by atoms with Crippen LogP contribution in [0, 0.1) is 17.8 Å². The molecule has 1 saturated carbocycles. The Balaban J connectivity index is 2.36. The lowest BCUT2D eigenvalue weighted by Crippen LogP contribution is -2.33. The van der Waals surface area contributed by atoms with Gasteiger partial charge in [0.15, 0.2) is 0 Å². The molecule has 0 saturated heterocycles. The van der Waals surface area contributed by atoms with Crippen LogP contribution in [0.1, 0.15) is 25.3 Å². The minimum absolute atomic E-state index is 0.225. The number of rotatable bonds is 5. The zero-order valence-corrected chi connectivity index (χ0v) is 12.4. The summed E-state index contributed by atoms with van der Waals surface area (Å²) in [5, 5.41) is 8.77. The van der Waals surface area contributed by atoms with Crippen molar-refractivity contribution in [3.05, 3.63) is 29.8 Å². The smallest absolute Gasteiger partial charge is 0.244 e. The maximum Gasteiger partial charge on any atom is 0.244 e. The van der Waals surface area contributed by atoms with Gasteiger partial charge < -0.3 is 5.11 Å². The highest BCUT2D eigenvalue weighted by Gasteiger charge is 2.31. The summed E-state index contributed by atoms with van der Waals surface area (Å²) < 4.78 is 26.9. The van der Waals surface area contributed by atoms with Crippen molar-refractivity contribution in [3.63, 3.8) is 0 Å². The van der Waals surface area contributed by atoms with E-state index in [1.54, 1.807) is 24.3 Å². The largest absolute Gasteiger partial charge is 0.384 e. The second kappa shape index (κ2) is 6.40. The van der Waals surface area contributed by atoms with Crippen LogP contribution in [-0.4, -0.2) is 37.5 Å². The maximum atomic E-state index is 12.7. The van der Waals surface area contributed by atoms with Crippen LogP contribution in [-0.2, 0) is 10.0 Å². The summed E-state index contributed by atoms with van der Waals surface area (Å²) in [5.41, 5.74) is 0.441. The van der Waals surface area contributed by atoms with Gasteiger partial charge in [-0.05, 0) is 30.9 Å². The van der Waals surface area contributed by atoms with Crippen LogP contribution >= 0.6 is 0 Å². The topological polar surface area (TPSA) is 57.6 Å². The minimum Gasteiger partial charge on any atom is -0.384 e. The van der Waals surface area contributed by atoms with Gasteiger partial charge in [0.05, 0.1) is 4.90 Å². The molecule has 1 aliphatic rings. The third kappa shape index (κ3) is 3.40. The molecule has 0 radical (unpaired) electrons. The highest BCUT2D eigenvalue weighted by molar-refractivity contribution is 7.89. The van der Waals surface area contributed by atoms with Crippen molar-refractivity contribution in [1.29, 1.82) is 0 Å². The van der Waals surface area contributed by atoms with Gasteiger partial charge in [0.1, 0.15) is 6.61 Å². The Morgan fingerprint density at radius 2 is 2.05 bits per heavy atom. The van der Waals surface area contributed by atoms with Crippen molar-refractivity contribution in [2.45, 2.75) is 24.7 Å². The fourth-order valence-corrected chi connectivity index (χ4v) is 3.73. The summed E-state index contributed by atoms with van der Waals surface area (Å²) in [6.45, 7) is 2.61. The molecule has 5 heteroatoms. The van der Waals surface area contributed by atoms with E-state index in [0.717, 1.165) is 12.8 Å². The van der Waals surface area contributed by atoms with E-state index in [2.05, 4.69) is 11.8 Å². The molecule has 0 unspecified atom stereocenters. The molecule has 0 heterocycles. The van der Waals surface area contributed by atoms with Gasteiger partial charge >= 0.3 is 0 Å². The molecule has 0 aromatic heterocycles. The van der Waals surface area contributed by atoms with Crippen molar-refractivity contribution >= 4 is 10.0 Å². The molecule has 0 aliphatic heterocycles. The summed E-state index contributed by atoms with van der Waals surface area (Å²) in [6, 6.07) is 6.69. The zero-order chi connectivity index (χ0) is 14.6. The Bertz CT molecular complexity index is 624. The third-order valence-electron chi connectivity index (χ3n) is 3.32. The van der Waals surface area contributed by atoms with Crippen LogP contribution in [0.25, 0.3) is 0 Å². The second-order valence-electron chi connectivity index (χ2n) is 4.86. The first-order valence-electron chi connectivity index (χ1n) is 6.78. The van der Waals surface area contributed by atoms with E-state index in [9.17, 15) is 8.42 Å². The molecule has 1 fully saturated rings. The van der Waals surface area contributed by atoms with Gasteiger partial charge in [0, 0.05) is 18.7 Å². The molecule has 0 bridgehead atoms. The Hall–Kier alpha value is -1.35. The van der Waals surface area contributed by atoms with E-state index in [-0.39, 0.29) is 11.5 Å². The zero-order valence-electron chi connectivity index (χ0n) is 11.5. The second-order valence-corrected chi connectivity index (χ2v) is 6.76. The maximum absolute atomic E-state index is 12.7. The van der Waals surface area contributed by atoms with Gasteiger partial charge in [-0.3, -0.25) is 0 Å². The number of nitrogens with zero attached hydrogens (tertiary/aromatic N) is 1. The molecule has 2 rings (SSSR count). The van der Waals surface area contributed by atoms with E-state index in [0.29, 0.717) is 24.6 Å². The Morgan fingerprint density at radius 3 is 2.65 bits per heavy atom. The van der Waals surface area contributed by atoms with Gasteiger partial charge in [-0.2, -0.15) is 4.31 Å². The highest BCUT2D eigenvalue weighted by Crippen LogP contribution is 2.31. The molecule has 1 N–H and O–H groups in total. The van der Waals surface area contributed by atoms with Crippen molar-refractivity contribution < 1.29 is 13.5 Å². The number of sulfonamides is 1. The summed E-state index contributed by atoms with van der Waals surface area (Å²) in [4.78, 5) is 0.225. The molecule has 20 heavy (non-hydrogen) atoms. The Kier molecular flexibility index (Phi) is 4.81. The normalized spacial score (nSPS) is 14.9. The van der Waals surface area contributed by atoms with E-state index in [4.69, 9.17) is 5.11 Å². The van der Waals surface area contributed by atoms with Crippen LogP contribution < -0.4 is 0 Å². The van der Waals surface area contributed by atoms with Gasteiger partial charge in [0.25, 0.3) is 0 Å². The number of benzene rings is 1. The summed E-state index contributed by atoms with van der Waals surface area (Å²) in [6.07, 6.45) is 2.22. The lowest BCUT2D eigenvalue weighted by Gasteiger charge is -2.21. The van der Waals surface area contributed by atoms with Crippen molar-refractivity contribution in [2.75, 3.05) is 19.7 Å². The number of aliphatic hydroxyl groups is 1. The van der Waals surface area contributed by atoms with E-state index >= 15 is 0 Å². The van der Waals surface area contributed by atoms with Gasteiger partial charge in [-0.25, -0.2) is 8.42 Å². The summed E-state index contributed by atoms with van der Waals surface area (Å²) in [7, 11) is -3.52. The molecular weight excluding hydrogens is 274 g/mol. The van der Waals surface area contributed by atoms with E-state index in [1.165, 1.54) is 4.31 Å². The predicted molar refractivity (Wildman–Crippen MR) is 77.6 cm³/mol. The molecule has 1 aliphatic carbocycles. The molecule has 0 atom stereocenters. The van der Waals surface area contributed by atoms with Crippen LogP contribution in [0.15, 0.2) is 29.2 Å². The molecular formula is C15H19NO3S. The lowest BCUT2D eigenvalue weighted by atomic mass is 10.2. The SMILES string of the molecule is CCN(CC1CC1)S(=O)(=O)c1ccccc1C#CCO. The standard InChI is InChI=1S/C15H19NO3S/c1-2-16(12-13-9-10-13)20(18,19)15-8-4-3-6-14(15)7-5-11-17/h3-4,6,8,13,17H,2,9-12H2,1H3.